The van der Waals surface area contributed by atoms with Gasteiger partial charge in [-0.25, -0.2) is 9.18 Å². The van der Waals surface area contributed by atoms with E-state index in [0.29, 0.717) is 0 Å². The summed E-state index contributed by atoms with van der Waals surface area (Å²) in [6.07, 6.45) is 0. The van der Waals surface area contributed by atoms with Gasteiger partial charge in [-0.1, -0.05) is 11.6 Å². The van der Waals surface area contributed by atoms with Gasteiger partial charge in [0.1, 0.15) is 5.82 Å². The second kappa shape index (κ2) is 3.34. The van der Waals surface area contributed by atoms with Gasteiger partial charge in [0.15, 0.2) is 0 Å². The highest BCUT2D eigenvalue weighted by molar-refractivity contribution is 5.54. The van der Waals surface area contributed by atoms with Crippen LogP contribution < -0.4 is 5.76 Å². The van der Waals surface area contributed by atoms with E-state index in [1.807, 2.05) is 6.92 Å². The Kier molecular flexibility index (Phi) is 2.15. The first-order valence-electron chi connectivity index (χ1n) is 4.38. The molecule has 5 heteroatoms. The Morgan fingerprint density at radius 2 is 2.20 bits per heavy atom. The molecular formula is C10H9FN2O2. The largest absolute Gasteiger partial charge is 0.437 e. The molecule has 0 radical (unpaired) electrons. The first-order chi connectivity index (χ1) is 7.08. The quantitative estimate of drug-likeness (QED) is 0.713. The van der Waals surface area contributed by atoms with Crippen LogP contribution in [0.4, 0.5) is 4.39 Å². The van der Waals surface area contributed by atoms with Crippen LogP contribution >= 0.6 is 0 Å². The average Bonchev–Trinajstić information content (AvgIpc) is 2.51. The molecule has 0 aliphatic heterocycles. The van der Waals surface area contributed by atoms with E-state index in [9.17, 15) is 9.18 Å². The fraction of sp³-hybridized carbons (Fsp3) is 0.200. The molecular weight excluding hydrogens is 199 g/mol. The van der Waals surface area contributed by atoms with Gasteiger partial charge in [0.2, 0.25) is 0 Å². The SMILES string of the molecule is Cc1ccc(F)c(-c2nn(C)c(=O)o2)c1. The van der Waals surface area contributed by atoms with Gasteiger partial charge >= 0.3 is 5.76 Å². The Balaban J connectivity index is 2.63. The molecule has 0 N–H and O–H groups in total. The highest BCUT2D eigenvalue weighted by Gasteiger charge is 2.12. The van der Waals surface area contributed by atoms with Crippen LogP contribution in [0.25, 0.3) is 11.5 Å². The molecule has 0 unspecified atom stereocenters. The van der Waals surface area contributed by atoms with Crippen molar-refractivity contribution in [3.63, 3.8) is 0 Å². The molecule has 4 nitrogen and oxygen atoms in total. The molecule has 0 amide bonds. The Labute approximate surface area is 85.0 Å². The number of nitrogens with zero attached hydrogens (tertiary/aromatic N) is 2. The molecule has 0 fully saturated rings. The number of rotatable bonds is 1. The summed E-state index contributed by atoms with van der Waals surface area (Å²) in [6.45, 7) is 1.82. The predicted molar refractivity (Wildman–Crippen MR) is 51.9 cm³/mol. The van der Waals surface area contributed by atoms with Crippen LogP contribution in [0.3, 0.4) is 0 Å². The lowest BCUT2D eigenvalue weighted by molar-refractivity contribution is 0.501. The van der Waals surface area contributed by atoms with Crippen LogP contribution in [0.2, 0.25) is 0 Å². The number of hydrogen-bond donors (Lipinski definition) is 0. The Morgan fingerprint density at radius 1 is 1.47 bits per heavy atom. The van der Waals surface area contributed by atoms with Crippen molar-refractivity contribution in [3.8, 4) is 11.5 Å². The lowest BCUT2D eigenvalue weighted by Crippen LogP contribution is -2.09. The molecule has 0 bridgehead atoms. The fourth-order valence-electron chi connectivity index (χ4n) is 1.26. The van der Waals surface area contributed by atoms with E-state index in [1.54, 1.807) is 12.1 Å². The third-order valence-electron chi connectivity index (χ3n) is 2.04. The lowest BCUT2D eigenvalue weighted by atomic mass is 10.1. The van der Waals surface area contributed by atoms with Crippen LogP contribution in [0.15, 0.2) is 27.4 Å². The molecule has 0 atom stereocenters. The number of benzene rings is 1. The minimum absolute atomic E-state index is 0.00343. The molecule has 0 saturated carbocycles. The average molecular weight is 208 g/mol. The standard InChI is InChI=1S/C10H9FN2O2/c1-6-3-4-8(11)7(5-6)9-12-13(2)10(14)15-9/h3-5H,1-2H3. The Morgan fingerprint density at radius 3 is 2.80 bits per heavy atom. The van der Waals surface area contributed by atoms with Crippen molar-refractivity contribution in [1.29, 1.82) is 0 Å². The summed E-state index contributed by atoms with van der Waals surface area (Å²) in [5, 5.41) is 3.78. The monoisotopic (exact) mass is 208 g/mol. The van der Waals surface area contributed by atoms with Crippen LogP contribution in [0.5, 0.6) is 0 Å². The van der Waals surface area contributed by atoms with Gasteiger partial charge in [-0.05, 0) is 19.1 Å². The zero-order valence-electron chi connectivity index (χ0n) is 8.32. The minimum atomic E-state index is -0.606. The fourth-order valence-corrected chi connectivity index (χ4v) is 1.26. The third kappa shape index (κ3) is 1.68. The summed E-state index contributed by atoms with van der Waals surface area (Å²) < 4.78 is 19.2. The first kappa shape index (κ1) is 9.64. The first-order valence-corrected chi connectivity index (χ1v) is 4.38. The van der Waals surface area contributed by atoms with Crippen molar-refractivity contribution in [2.24, 2.45) is 7.05 Å². The number of halogens is 1. The molecule has 0 aliphatic carbocycles. The summed E-state index contributed by atoms with van der Waals surface area (Å²) in [6, 6.07) is 4.54. The zero-order valence-corrected chi connectivity index (χ0v) is 8.32. The topological polar surface area (TPSA) is 48.0 Å². The van der Waals surface area contributed by atoms with E-state index in [4.69, 9.17) is 4.42 Å². The maximum atomic E-state index is 13.4. The summed E-state index contributed by atoms with van der Waals surface area (Å²) in [5.74, 6) is -1.06. The second-order valence-electron chi connectivity index (χ2n) is 3.28. The molecule has 0 spiro atoms. The maximum absolute atomic E-state index is 13.4. The third-order valence-corrected chi connectivity index (χ3v) is 2.04. The summed E-state index contributed by atoms with van der Waals surface area (Å²) in [7, 11) is 1.45. The van der Waals surface area contributed by atoms with Gasteiger partial charge in [-0.2, -0.15) is 4.68 Å². The van der Waals surface area contributed by atoms with Crippen molar-refractivity contribution in [2.45, 2.75) is 6.92 Å². The molecule has 0 saturated heterocycles. The van der Waals surface area contributed by atoms with Gasteiger partial charge < -0.3 is 4.42 Å². The summed E-state index contributed by atoms with van der Waals surface area (Å²) >= 11 is 0. The molecule has 1 aromatic heterocycles. The summed E-state index contributed by atoms with van der Waals surface area (Å²) in [5.41, 5.74) is 1.08. The minimum Gasteiger partial charge on any atom is -0.387 e. The van der Waals surface area contributed by atoms with Crippen molar-refractivity contribution in [1.82, 2.24) is 9.78 Å². The lowest BCUT2D eigenvalue weighted by Gasteiger charge is -1.98. The van der Waals surface area contributed by atoms with Gasteiger partial charge in [0.25, 0.3) is 5.89 Å². The van der Waals surface area contributed by atoms with Gasteiger partial charge in [-0.3, -0.25) is 0 Å². The molecule has 15 heavy (non-hydrogen) atoms. The van der Waals surface area contributed by atoms with E-state index < -0.39 is 11.6 Å². The maximum Gasteiger partial charge on any atom is 0.437 e. The predicted octanol–water partition coefficient (Wildman–Crippen LogP) is 1.49. The van der Waals surface area contributed by atoms with Gasteiger partial charge in [0, 0.05) is 7.05 Å². The van der Waals surface area contributed by atoms with E-state index >= 15 is 0 Å². The van der Waals surface area contributed by atoms with E-state index in [1.165, 1.54) is 13.1 Å². The normalized spacial score (nSPS) is 10.6. The van der Waals surface area contributed by atoms with Crippen LogP contribution in [-0.2, 0) is 7.05 Å². The van der Waals surface area contributed by atoms with Crippen molar-refractivity contribution < 1.29 is 8.81 Å². The Hall–Kier alpha value is -1.91. The van der Waals surface area contributed by atoms with Gasteiger partial charge in [0.05, 0.1) is 5.56 Å². The van der Waals surface area contributed by atoms with Crippen molar-refractivity contribution in [3.05, 3.63) is 40.1 Å². The smallest absolute Gasteiger partial charge is 0.387 e. The number of aromatic nitrogens is 2. The number of hydrogen-bond acceptors (Lipinski definition) is 3. The molecule has 2 rings (SSSR count). The zero-order chi connectivity index (χ0) is 11.0. The molecule has 0 aliphatic rings. The van der Waals surface area contributed by atoms with Crippen LogP contribution in [0, 0.1) is 12.7 Å². The molecule has 1 heterocycles. The van der Waals surface area contributed by atoms with E-state index in [-0.39, 0.29) is 11.5 Å². The highest BCUT2D eigenvalue weighted by atomic mass is 19.1. The van der Waals surface area contributed by atoms with Crippen molar-refractivity contribution in [2.75, 3.05) is 0 Å². The summed E-state index contributed by atoms with van der Waals surface area (Å²) in [4.78, 5) is 11.0. The molecule has 78 valence electrons. The highest BCUT2D eigenvalue weighted by Crippen LogP contribution is 2.20. The molecule has 1 aromatic carbocycles. The van der Waals surface area contributed by atoms with Gasteiger partial charge in [-0.15, -0.1) is 5.10 Å². The van der Waals surface area contributed by atoms with Crippen LogP contribution in [-0.4, -0.2) is 9.78 Å². The van der Waals surface area contributed by atoms with E-state index in [0.717, 1.165) is 10.2 Å². The van der Waals surface area contributed by atoms with E-state index in [2.05, 4.69) is 5.10 Å². The second-order valence-corrected chi connectivity index (χ2v) is 3.28. The molecule has 2 aromatic rings. The van der Waals surface area contributed by atoms with Crippen LogP contribution in [0.1, 0.15) is 5.56 Å². The number of aryl methyl sites for hydroxylation is 2. The Bertz CT molecular complexity index is 557. The van der Waals surface area contributed by atoms with Crippen molar-refractivity contribution >= 4 is 0 Å².